The number of hydrogen-bond acceptors (Lipinski definition) is 3. The SMILES string of the molecule is CCCCCCCCCC(=O)O.CCCCCCCCCCNC1C2CC3CC1CC(O)(C3)C2. The molecule has 0 spiro atoms. The van der Waals surface area contributed by atoms with Gasteiger partial charge in [0.25, 0.3) is 0 Å². The Balaban J connectivity index is 0.000000292. The second kappa shape index (κ2) is 17.0. The summed E-state index contributed by atoms with van der Waals surface area (Å²) in [6.07, 6.45) is 25.9. The average Bonchev–Trinajstić information content (AvgIpc) is 2.78. The van der Waals surface area contributed by atoms with Gasteiger partial charge in [0, 0.05) is 12.5 Å². The fraction of sp³-hybridized carbons (Fsp3) is 0.967. The summed E-state index contributed by atoms with van der Waals surface area (Å²) in [6, 6.07) is 0.723. The van der Waals surface area contributed by atoms with E-state index < -0.39 is 5.97 Å². The van der Waals surface area contributed by atoms with Gasteiger partial charge < -0.3 is 15.5 Å². The highest BCUT2D eigenvalue weighted by Crippen LogP contribution is 2.55. The van der Waals surface area contributed by atoms with Crippen LogP contribution in [-0.4, -0.2) is 34.4 Å². The van der Waals surface area contributed by atoms with E-state index in [1.807, 2.05) is 0 Å². The molecule has 0 amide bonds. The summed E-state index contributed by atoms with van der Waals surface area (Å²) >= 11 is 0. The second-order valence-corrected chi connectivity index (χ2v) is 11.9. The van der Waals surface area contributed by atoms with E-state index in [4.69, 9.17) is 5.11 Å². The molecule has 200 valence electrons. The molecule has 4 aliphatic carbocycles. The first kappa shape index (κ1) is 29.6. The van der Waals surface area contributed by atoms with Crippen LogP contribution in [0, 0.1) is 17.8 Å². The largest absolute Gasteiger partial charge is 0.481 e. The van der Waals surface area contributed by atoms with Crippen molar-refractivity contribution in [3.8, 4) is 0 Å². The van der Waals surface area contributed by atoms with Gasteiger partial charge in [-0.2, -0.15) is 0 Å². The third-order valence-corrected chi connectivity index (χ3v) is 8.65. The van der Waals surface area contributed by atoms with Crippen LogP contribution in [0.1, 0.15) is 149 Å². The van der Waals surface area contributed by atoms with Crippen molar-refractivity contribution in [2.45, 2.75) is 160 Å². The Labute approximate surface area is 211 Å². The van der Waals surface area contributed by atoms with Crippen molar-refractivity contribution in [1.29, 1.82) is 0 Å². The standard InChI is InChI=1S/C20H37NO.C10H20O2/c1-2-3-4-5-6-7-8-9-10-21-19-17-11-16-12-18(19)15-20(22,13-16)14-17;1-2-3-4-5-6-7-8-9-10(11)12/h16-19,21-22H,2-15H2,1H3;2-9H2,1H3,(H,11,12). The zero-order chi connectivity index (χ0) is 24.7. The van der Waals surface area contributed by atoms with E-state index in [0.717, 1.165) is 55.9 Å². The van der Waals surface area contributed by atoms with Gasteiger partial charge in [-0.25, -0.2) is 0 Å². The second-order valence-electron chi connectivity index (χ2n) is 11.9. The lowest BCUT2D eigenvalue weighted by Gasteiger charge is -2.58. The molecule has 4 bridgehead atoms. The van der Waals surface area contributed by atoms with Gasteiger partial charge in [0.15, 0.2) is 0 Å². The maximum atomic E-state index is 10.6. The molecule has 0 aromatic heterocycles. The van der Waals surface area contributed by atoms with Crippen LogP contribution in [0.15, 0.2) is 0 Å². The molecular weight excluding hydrogens is 422 g/mol. The maximum Gasteiger partial charge on any atom is 0.303 e. The quantitative estimate of drug-likeness (QED) is 0.175. The van der Waals surface area contributed by atoms with E-state index in [9.17, 15) is 9.90 Å². The first-order chi connectivity index (χ1) is 16.5. The third kappa shape index (κ3) is 11.4. The van der Waals surface area contributed by atoms with Crippen molar-refractivity contribution in [1.82, 2.24) is 5.32 Å². The van der Waals surface area contributed by atoms with Gasteiger partial charge in [-0.1, -0.05) is 97.3 Å². The first-order valence-electron chi connectivity index (χ1n) is 15.1. The lowest BCUT2D eigenvalue weighted by Crippen LogP contribution is -2.60. The summed E-state index contributed by atoms with van der Waals surface area (Å²) in [6.45, 7) is 5.69. The highest BCUT2D eigenvalue weighted by atomic mass is 16.4. The van der Waals surface area contributed by atoms with E-state index in [2.05, 4.69) is 19.2 Å². The van der Waals surface area contributed by atoms with Gasteiger partial charge in [-0.05, 0) is 69.2 Å². The summed E-state index contributed by atoms with van der Waals surface area (Å²) in [4.78, 5) is 10.1. The minimum Gasteiger partial charge on any atom is -0.481 e. The van der Waals surface area contributed by atoms with Gasteiger partial charge in [0.2, 0.25) is 0 Å². The Morgan fingerprint density at radius 2 is 1.21 bits per heavy atom. The molecule has 0 saturated heterocycles. The predicted molar refractivity (Wildman–Crippen MR) is 143 cm³/mol. The molecule has 0 aromatic rings. The van der Waals surface area contributed by atoms with Crippen molar-refractivity contribution >= 4 is 5.97 Å². The number of carboxylic acids is 1. The van der Waals surface area contributed by atoms with Crippen LogP contribution in [-0.2, 0) is 4.79 Å². The van der Waals surface area contributed by atoms with E-state index in [1.54, 1.807) is 0 Å². The fourth-order valence-corrected chi connectivity index (χ4v) is 7.08. The van der Waals surface area contributed by atoms with Crippen LogP contribution >= 0.6 is 0 Å². The molecule has 34 heavy (non-hydrogen) atoms. The van der Waals surface area contributed by atoms with Crippen molar-refractivity contribution in [2.75, 3.05) is 6.54 Å². The van der Waals surface area contributed by atoms with Crippen LogP contribution in [0.25, 0.3) is 0 Å². The molecule has 4 nitrogen and oxygen atoms in total. The molecule has 0 radical (unpaired) electrons. The minimum atomic E-state index is -0.663. The highest BCUT2D eigenvalue weighted by molar-refractivity contribution is 5.66. The summed E-state index contributed by atoms with van der Waals surface area (Å²) in [5, 5.41) is 22.9. The van der Waals surface area contributed by atoms with Gasteiger partial charge in [-0.3, -0.25) is 4.79 Å². The predicted octanol–water partition coefficient (Wildman–Crippen LogP) is 7.87. The van der Waals surface area contributed by atoms with Gasteiger partial charge in [-0.15, -0.1) is 0 Å². The molecule has 0 heterocycles. The molecule has 0 aliphatic heterocycles. The minimum absolute atomic E-state index is 0.271. The monoisotopic (exact) mass is 479 g/mol. The number of carbonyl (C=O) groups is 1. The van der Waals surface area contributed by atoms with Crippen LogP contribution in [0.4, 0.5) is 0 Å². The topological polar surface area (TPSA) is 69.6 Å². The lowest BCUT2D eigenvalue weighted by atomic mass is 9.52. The molecule has 4 saturated carbocycles. The molecule has 2 atom stereocenters. The Morgan fingerprint density at radius 1 is 0.735 bits per heavy atom. The fourth-order valence-electron chi connectivity index (χ4n) is 7.08. The molecule has 4 fully saturated rings. The zero-order valence-electron chi connectivity index (χ0n) is 22.7. The summed E-state index contributed by atoms with van der Waals surface area (Å²) < 4.78 is 0. The van der Waals surface area contributed by atoms with Gasteiger partial charge in [0.1, 0.15) is 0 Å². The Bertz CT molecular complexity index is 521. The molecular formula is C30H57NO3. The van der Waals surface area contributed by atoms with Crippen LogP contribution in [0.3, 0.4) is 0 Å². The van der Waals surface area contributed by atoms with E-state index in [1.165, 1.54) is 103 Å². The highest BCUT2D eigenvalue weighted by Gasteiger charge is 2.54. The number of rotatable bonds is 18. The Morgan fingerprint density at radius 3 is 1.68 bits per heavy atom. The number of aliphatic hydroxyl groups is 1. The van der Waals surface area contributed by atoms with E-state index >= 15 is 0 Å². The summed E-state index contributed by atoms with van der Waals surface area (Å²) in [7, 11) is 0. The van der Waals surface area contributed by atoms with Crippen molar-refractivity contribution < 1.29 is 15.0 Å². The number of unbranched alkanes of at least 4 members (excludes halogenated alkanes) is 13. The van der Waals surface area contributed by atoms with Crippen LogP contribution in [0.5, 0.6) is 0 Å². The molecule has 4 rings (SSSR count). The molecule has 4 aliphatic rings. The van der Waals surface area contributed by atoms with Crippen LogP contribution < -0.4 is 5.32 Å². The lowest BCUT2D eigenvalue weighted by molar-refractivity contribution is -0.138. The molecule has 2 unspecified atom stereocenters. The summed E-state index contributed by atoms with van der Waals surface area (Å²) in [5.74, 6) is 1.71. The first-order valence-corrected chi connectivity index (χ1v) is 15.1. The Hall–Kier alpha value is -0.610. The number of hydrogen-bond donors (Lipinski definition) is 3. The number of carboxylic acid groups (broad SMARTS) is 1. The third-order valence-electron chi connectivity index (χ3n) is 8.65. The maximum absolute atomic E-state index is 10.6. The normalized spacial score (nSPS) is 29.1. The Kier molecular flexibility index (Phi) is 14.8. The number of aliphatic carboxylic acids is 1. The molecule has 3 N–H and O–H groups in total. The molecule has 0 aromatic carbocycles. The number of nitrogens with one attached hydrogen (secondary N) is 1. The van der Waals surface area contributed by atoms with Crippen molar-refractivity contribution in [3.05, 3.63) is 0 Å². The zero-order valence-corrected chi connectivity index (χ0v) is 22.7. The van der Waals surface area contributed by atoms with Crippen LogP contribution in [0.2, 0.25) is 0 Å². The van der Waals surface area contributed by atoms with Crippen molar-refractivity contribution in [3.63, 3.8) is 0 Å². The van der Waals surface area contributed by atoms with Gasteiger partial charge >= 0.3 is 5.97 Å². The van der Waals surface area contributed by atoms with Gasteiger partial charge in [0.05, 0.1) is 5.60 Å². The van der Waals surface area contributed by atoms with E-state index in [-0.39, 0.29) is 5.60 Å². The van der Waals surface area contributed by atoms with Crippen molar-refractivity contribution in [2.24, 2.45) is 17.8 Å². The smallest absolute Gasteiger partial charge is 0.303 e. The van der Waals surface area contributed by atoms with E-state index in [0.29, 0.717) is 6.42 Å². The summed E-state index contributed by atoms with van der Waals surface area (Å²) in [5.41, 5.74) is -0.271. The average molecular weight is 480 g/mol. The molecule has 4 heteroatoms.